The number of amides is 1. The normalized spacial score (nSPS) is 13.3. The van der Waals surface area contributed by atoms with Gasteiger partial charge in [-0.3, -0.25) is 4.79 Å². The maximum Gasteiger partial charge on any atom is 0.237 e. The summed E-state index contributed by atoms with van der Waals surface area (Å²) in [5.41, 5.74) is 4.50. The van der Waals surface area contributed by atoms with Crippen molar-refractivity contribution in [2.75, 3.05) is 22.5 Å². The van der Waals surface area contributed by atoms with E-state index in [0.29, 0.717) is 5.75 Å². The van der Waals surface area contributed by atoms with E-state index in [0.717, 1.165) is 40.2 Å². The summed E-state index contributed by atoms with van der Waals surface area (Å²) in [4.78, 5) is 14.6. The molecule has 0 radical (unpaired) electrons. The quantitative estimate of drug-likeness (QED) is 0.636. The van der Waals surface area contributed by atoms with Gasteiger partial charge in [-0.05, 0) is 43.5 Å². The zero-order valence-corrected chi connectivity index (χ0v) is 16.6. The Morgan fingerprint density at radius 1 is 1.19 bits per heavy atom. The molecule has 27 heavy (non-hydrogen) atoms. The first-order chi connectivity index (χ1) is 13.2. The van der Waals surface area contributed by atoms with E-state index in [1.54, 1.807) is 0 Å². The highest BCUT2D eigenvalue weighted by Gasteiger charge is 2.22. The molecular weight excluding hydrogens is 376 g/mol. The fourth-order valence-corrected chi connectivity index (χ4v) is 4.72. The van der Waals surface area contributed by atoms with Crippen LogP contribution in [-0.4, -0.2) is 28.4 Å². The molecule has 0 spiro atoms. The summed E-state index contributed by atoms with van der Waals surface area (Å²) in [5.74, 6) is 0.489. The standard InChI is InChI=1S/C20H20N4OS2/c1-14-8-10-16(11-9-14)21-19-22-23-20(27-19)26-13-18(25)24-12-4-6-15-5-2-3-7-17(15)24/h2-3,5,7-11H,4,6,12-13H2,1H3,(H,21,22). The van der Waals surface area contributed by atoms with Gasteiger partial charge < -0.3 is 10.2 Å². The molecule has 0 saturated heterocycles. The maximum absolute atomic E-state index is 12.7. The van der Waals surface area contributed by atoms with Crippen molar-refractivity contribution in [3.63, 3.8) is 0 Å². The average Bonchev–Trinajstić information content (AvgIpc) is 3.15. The number of hydrogen-bond donors (Lipinski definition) is 1. The van der Waals surface area contributed by atoms with Crippen molar-refractivity contribution in [3.05, 3.63) is 59.7 Å². The molecule has 1 amide bonds. The van der Waals surface area contributed by atoms with Crippen LogP contribution in [0.1, 0.15) is 17.5 Å². The minimum absolute atomic E-state index is 0.121. The van der Waals surface area contributed by atoms with Gasteiger partial charge in [-0.1, -0.05) is 59.0 Å². The molecule has 138 valence electrons. The number of nitrogens with zero attached hydrogens (tertiary/aromatic N) is 3. The summed E-state index contributed by atoms with van der Waals surface area (Å²) in [6.07, 6.45) is 2.05. The lowest BCUT2D eigenvalue weighted by Crippen LogP contribution is -2.36. The van der Waals surface area contributed by atoms with Crippen LogP contribution in [0.5, 0.6) is 0 Å². The number of carbonyl (C=O) groups is 1. The van der Waals surface area contributed by atoms with Gasteiger partial charge in [0.25, 0.3) is 0 Å². The van der Waals surface area contributed by atoms with Gasteiger partial charge in [-0.25, -0.2) is 0 Å². The molecule has 1 aromatic heterocycles. The Hall–Kier alpha value is -2.38. The van der Waals surface area contributed by atoms with Crippen LogP contribution in [-0.2, 0) is 11.2 Å². The van der Waals surface area contributed by atoms with Crippen LogP contribution in [0.4, 0.5) is 16.5 Å². The summed E-state index contributed by atoms with van der Waals surface area (Å²) >= 11 is 2.91. The summed E-state index contributed by atoms with van der Waals surface area (Å²) in [6.45, 7) is 2.84. The zero-order valence-electron chi connectivity index (χ0n) is 15.0. The Kier molecular flexibility index (Phi) is 5.40. The largest absolute Gasteiger partial charge is 0.330 e. The molecule has 0 fully saturated rings. The van der Waals surface area contributed by atoms with E-state index in [2.05, 4.69) is 28.5 Å². The second kappa shape index (κ2) is 8.10. The van der Waals surface area contributed by atoms with Crippen molar-refractivity contribution in [3.8, 4) is 0 Å². The monoisotopic (exact) mass is 396 g/mol. The number of aromatic nitrogens is 2. The average molecular weight is 397 g/mol. The lowest BCUT2D eigenvalue weighted by Gasteiger charge is -2.29. The van der Waals surface area contributed by atoms with E-state index in [4.69, 9.17) is 0 Å². The minimum atomic E-state index is 0.121. The Balaban J connectivity index is 1.36. The molecule has 1 aliphatic heterocycles. The van der Waals surface area contributed by atoms with Gasteiger partial charge in [0.05, 0.1) is 5.75 Å². The number of carbonyl (C=O) groups excluding carboxylic acids is 1. The van der Waals surface area contributed by atoms with E-state index < -0.39 is 0 Å². The predicted octanol–water partition coefficient (Wildman–Crippen LogP) is 4.66. The van der Waals surface area contributed by atoms with Gasteiger partial charge in [-0.2, -0.15) is 0 Å². The number of rotatable bonds is 5. The van der Waals surface area contributed by atoms with Crippen molar-refractivity contribution in [2.24, 2.45) is 0 Å². The number of fused-ring (bicyclic) bond motifs is 1. The molecule has 0 unspecified atom stereocenters. The topological polar surface area (TPSA) is 58.1 Å². The Morgan fingerprint density at radius 2 is 2.00 bits per heavy atom. The molecule has 1 aliphatic rings. The lowest BCUT2D eigenvalue weighted by molar-refractivity contribution is -0.116. The van der Waals surface area contributed by atoms with Crippen molar-refractivity contribution in [1.82, 2.24) is 10.2 Å². The molecule has 3 aromatic rings. The number of hydrogen-bond acceptors (Lipinski definition) is 6. The minimum Gasteiger partial charge on any atom is -0.330 e. The molecule has 2 aromatic carbocycles. The molecule has 5 nitrogen and oxygen atoms in total. The number of anilines is 3. The molecule has 7 heteroatoms. The highest BCUT2D eigenvalue weighted by atomic mass is 32.2. The molecule has 0 bridgehead atoms. The van der Waals surface area contributed by atoms with Gasteiger partial charge in [0.2, 0.25) is 11.0 Å². The highest BCUT2D eigenvalue weighted by Crippen LogP contribution is 2.30. The second-order valence-electron chi connectivity index (χ2n) is 6.43. The summed E-state index contributed by atoms with van der Waals surface area (Å²) in [6, 6.07) is 16.3. The van der Waals surface area contributed by atoms with E-state index in [9.17, 15) is 4.79 Å². The fourth-order valence-electron chi connectivity index (χ4n) is 3.07. The van der Waals surface area contributed by atoms with Crippen LogP contribution in [0.2, 0.25) is 0 Å². The number of para-hydroxylation sites is 1. The van der Waals surface area contributed by atoms with E-state index >= 15 is 0 Å². The van der Waals surface area contributed by atoms with Gasteiger partial charge >= 0.3 is 0 Å². The number of aryl methyl sites for hydroxylation is 2. The fraction of sp³-hybridized carbons (Fsp3) is 0.250. The van der Waals surface area contributed by atoms with Crippen LogP contribution in [0.15, 0.2) is 52.9 Å². The van der Waals surface area contributed by atoms with Crippen LogP contribution in [0, 0.1) is 6.92 Å². The van der Waals surface area contributed by atoms with Crippen LogP contribution >= 0.6 is 23.1 Å². The van der Waals surface area contributed by atoms with Crippen molar-refractivity contribution in [2.45, 2.75) is 24.1 Å². The molecule has 2 heterocycles. The van der Waals surface area contributed by atoms with E-state index in [1.807, 2.05) is 47.4 Å². The molecule has 1 N–H and O–H groups in total. The van der Waals surface area contributed by atoms with Gasteiger partial charge in [0.15, 0.2) is 4.34 Å². The third kappa shape index (κ3) is 4.31. The van der Waals surface area contributed by atoms with E-state index in [1.165, 1.54) is 34.2 Å². The maximum atomic E-state index is 12.7. The predicted molar refractivity (Wildman–Crippen MR) is 112 cm³/mol. The first kappa shape index (κ1) is 18.0. The summed E-state index contributed by atoms with van der Waals surface area (Å²) in [5, 5.41) is 12.3. The summed E-state index contributed by atoms with van der Waals surface area (Å²) in [7, 11) is 0. The molecular formula is C20H20N4OS2. The second-order valence-corrected chi connectivity index (χ2v) is 8.63. The van der Waals surface area contributed by atoms with Crippen molar-refractivity contribution < 1.29 is 4.79 Å². The zero-order chi connectivity index (χ0) is 18.6. The van der Waals surface area contributed by atoms with Gasteiger partial charge in [-0.15, -0.1) is 10.2 Å². The van der Waals surface area contributed by atoms with Crippen LogP contribution in [0.25, 0.3) is 0 Å². The lowest BCUT2D eigenvalue weighted by atomic mass is 10.0. The van der Waals surface area contributed by atoms with Crippen molar-refractivity contribution in [1.29, 1.82) is 0 Å². The first-order valence-corrected chi connectivity index (χ1v) is 10.7. The Bertz CT molecular complexity index is 939. The third-order valence-electron chi connectivity index (χ3n) is 4.44. The molecule has 0 saturated carbocycles. The van der Waals surface area contributed by atoms with Gasteiger partial charge in [0.1, 0.15) is 0 Å². The highest BCUT2D eigenvalue weighted by molar-refractivity contribution is 8.01. The first-order valence-electron chi connectivity index (χ1n) is 8.87. The Labute approximate surface area is 166 Å². The summed E-state index contributed by atoms with van der Waals surface area (Å²) < 4.78 is 0.795. The SMILES string of the molecule is Cc1ccc(Nc2nnc(SCC(=O)N3CCCc4ccccc43)s2)cc1. The van der Waals surface area contributed by atoms with Crippen molar-refractivity contribution >= 4 is 45.5 Å². The number of benzene rings is 2. The van der Waals surface area contributed by atoms with Crippen LogP contribution in [0.3, 0.4) is 0 Å². The molecule has 4 rings (SSSR count). The van der Waals surface area contributed by atoms with Gasteiger partial charge in [0, 0.05) is 17.9 Å². The molecule has 0 aliphatic carbocycles. The van der Waals surface area contributed by atoms with Crippen LogP contribution < -0.4 is 10.2 Å². The smallest absolute Gasteiger partial charge is 0.237 e. The number of thioether (sulfide) groups is 1. The molecule has 0 atom stereocenters. The number of nitrogens with one attached hydrogen (secondary N) is 1. The Morgan fingerprint density at radius 3 is 2.85 bits per heavy atom. The third-order valence-corrected chi connectivity index (χ3v) is 6.40. The van der Waals surface area contributed by atoms with E-state index in [-0.39, 0.29) is 5.91 Å².